The normalized spacial score (nSPS) is 10.6. The van der Waals surface area contributed by atoms with E-state index in [1.54, 1.807) is 14.2 Å². The van der Waals surface area contributed by atoms with Gasteiger partial charge in [-0.2, -0.15) is 0 Å². The van der Waals surface area contributed by atoms with Crippen LogP contribution in [0.2, 0.25) is 0 Å². The van der Waals surface area contributed by atoms with Crippen LogP contribution in [0.5, 0.6) is 5.75 Å². The van der Waals surface area contributed by atoms with E-state index < -0.39 is 0 Å². The van der Waals surface area contributed by atoms with Crippen LogP contribution in [0.15, 0.2) is 59.6 Å². The van der Waals surface area contributed by atoms with Crippen LogP contribution >= 0.6 is 24.0 Å². The van der Waals surface area contributed by atoms with E-state index in [1.165, 1.54) is 5.56 Å². The molecule has 2 aromatic carbocycles. The summed E-state index contributed by atoms with van der Waals surface area (Å²) in [6.07, 6.45) is 0.814. The van der Waals surface area contributed by atoms with Crippen molar-refractivity contribution in [1.82, 2.24) is 15.5 Å². The lowest BCUT2D eigenvalue weighted by molar-refractivity contribution is -0.120. The van der Waals surface area contributed by atoms with E-state index in [4.69, 9.17) is 4.74 Å². The molecule has 0 bridgehead atoms. The first-order chi connectivity index (χ1) is 13.1. The molecule has 0 heterocycles. The molecule has 0 aromatic heterocycles. The Bertz CT molecular complexity index is 753. The minimum absolute atomic E-state index is 0. The lowest BCUT2D eigenvalue weighted by atomic mass is 10.1. The number of rotatable bonds is 8. The Morgan fingerprint density at radius 3 is 2.43 bits per heavy atom. The van der Waals surface area contributed by atoms with Gasteiger partial charge in [0.15, 0.2) is 5.96 Å². The number of hydrogen-bond acceptors (Lipinski definition) is 3. The van der Waals surface area contributed by atoms with Crippen molar-refractivity contribution >= 4 is 35.8 Å². The molecular weight excluding hydrogens is 467 g/mol. The Balaban J connectivity index is 0.00000392. The van der Waals surface area contributed by atoms with Crippen LogP contribution in [0.3, 0.4) is 0 Å². The molecule has 0 unspecified atom stereocenters. The van der Waals surface area contributed by atoms with Crippen LogP contribution in [-0.2, 0) is 17.8 Å². The highest BCUT2D eigenvalue weighted by atomic mass is 127. The van der Waals surface area contributed by atoms with Crippen molar-refractivity contribution in [3.05, 3.63) is 65.7 Å². The number of hydrogen-bond donors (Lipinski definition) is 2. The van der Waals surface area contributed by atoms with Gasteiger partial charge in [0, 0.05) is 32.7 Å². The second-order valence-corrected chi connectivity index (χ2v) is 6.15. The molecule has 0 aliphatic heterocycles. The number of nitrogens with zero attached hydrogens (tertiary/aromatic N) is 2. The SMILES string of the molecule is CN=C(NCC(=O)NCCc1ccccc1)N(C)Cc1ccccc1OC.I. The average molecular weight is 496 g/mol. The summed E-state index contributed by atoms with van der Waals surface area (Å²) in [5, 5.41) is 6.02. The number of carbonyl (C=O) groups excluding carboxylic acids is 1. The fourth-order valence-electron chi connectivity index (χ4n) is 2.76. The predicted molar refractivity (Wildman–Crippen MR) is 124 cm³/mol. The summed E-state index contributed by atoms with van der Waals surface area (Å²) in [6.45, 7) is 1.41. The summed E-state index contributed by atoms with van der Waals surface area (Å²) in [5.41, 5.74) is 2.26. The van der Waals surface area contributed by atoms with Crippen LogP contribution in [-0.4, -0.2) is 51.1 Å². The van der Waals surface area contributed by atoms with E-state index in [1.807, 2.05) is 54.4 Å². The van der Waals surface area contributed by atoms with Gasteiger partial charge in [-0.3, -0.25) is 9.79 Å². The Hall–Kier alpha value is -2.29. The maximum Gasteiger partial charge on any atom is 0.239 e. The van der Waals surface area contributed by atoms with Crippen molar-refractivity contribution in [2.45, 2.75) is 13.0 Å². The third kappa shape index (κ3) is 7.75. The molecule has 0 spiro atoms. The topological polar surface area (TPSA) is 66.0 Å². The van der Waals surface area contributed by atoms with Crippen molar-refractivity contribution < 1.29 is 9.53 Å². The van der Waals surface area contributed by atoms with E-state index >= 15 is 0 Å². The Morgan fingerprint density at radius 1 is 1.07 bits per heavy atom. The molecule has 0 aliphatic carbocycles. The third-order valence-corrected chi connectivity index (χ3v) is 4.16. The quantitative estimate of drug-likeness (QED) is 0.335. The fraction of sp³-hybridized carbons (Fsp3) is 0.333. The fourth-order valence-corrected chi connectivity index (χ4v) is 2.76. The highest BCUT2D eigenvalue weighted by molar-refractivity contribution is 14.0. The summed E-state index contributed by atoms with van der Waals surface area (Å²) in [5.74, 6) is 1.43. The number of nitrogens with one attached hydrogen (secondary N) is 2. The van der Waals surface area contributed by atoms with E-state index in [-0.39, 0.29) is 36.4 Å². The zero-order valence-electron chi connectivity index (χ0n) is 16.6. The van der Waals surface area contributed by atoms with Crippen molar-refractivity contribution in [3.63, 3.8) is 0 Å². The minimum atomic E-state index is -0.0576. The van der Waals surface area contributed by atoms with E-state index in [0.29, 0.717) is 19.0 Å². The lowest BCUT2D eigenvalue weighted by Crippen LogP contribution is -2.44. The summed E-state index contributed by atoms with van der Waals surface area (Å²) >= 11 is 0. The van der Waals surface area contributed by atoms with Gasteiger partial charge >= 0.3 is 0 Å². The van der Waals surface area contributed by atoms with E-state index in [0.717, 1.165) is 17.7 Å². The van der Waals surface area contributed by atoms with Gasteiger partial charge in [-0.15, -0.1) is 24.0 Å². The minimum Gasteiger partial charge on any atom is -0.496 e. The number of benzene rings is 2. The maximum atomic E-state index is 12.1. The number of halogens is 1. The second-order valence-electron chi connectivity index (χ2n) is 6.15. The first-order valence-electron chi connectivity index (χ1n) is 8.98. The molecule has 0 fully saturated rings. The van der Waals surface area contributed by atoms with E-state index in [9.17, 15) is 4.79 Å². The smallest absolute Gasteiger partial charge is 0.239 e. The average Bonchev–Trinajstić information content (AvgIpc) is 2.69. The van der Waals surface area contributed by atoms with Crippen LogP contribution in [0.1, 0.15) is 11.1 Å². The number of carbonyl (C=O) groups is 1. The van der Waals surface area contributed by atoms with Crippen molar-refractivity contribution in [2.75, 3.05) is 34.3 Å². The Kier molecular flexibility index (Phi) is 11.0. The summed E-state index contributed by atoms with van der Waals surface area (Å²) in [7, 11) is 5.29. The number of ether oxygens (including phenoxy) is 1. The summed E-state index contributed by atoms with van der Waals surface area (Å²) in [6, 6.07) is 18.0. The molecule has 152 valence electrons. The number of methoxy groups -OCH3 is 1. The molecule has 0 saturated carbocycles. The van der Waals surface area contributed by atoms with Gasteiger partial charge in [0.2, 0.25) is 5.91 Å². The molecule has 1 amide bonds. The monoisotopic (exact) mass is 496 g/mol. The molecule has 0 saturated heterocycles. The molecule has 28 heavy (non-hydrogen) atoms. The van der Waals surface area contributed by atoms with Crippen molar-refractivity contribution in [1.29, 1.82) is 0 Å². The molecule has 2 N–H and O–H groups in total. The largest absolute Gasteiger partial charge is 0.496 e. The Morgan fingerprint density at radius 2 is 1.75 bits per heavy atom. The molecule has 2 aromatic rings. The second kappa shape index (κ2) is 13.0. The summed E-state index contributed by atoms with van der Waals surface area (Å²) < 4.78 is 5.39. The van der Waals surface area contributed by atoms with Gasteiger partial charge in [0.1, 0.15) is 5.75 Å². The van der Waals surface area contributed by atoms with Crippen LogP contribution in [0, 0.1) is 0 Å². The molecule has 2 rings (SSSR count). The Labute approximate surface area is 184 Å². The van der Waals surface area contributed by atoms with Gasteiger partial charge in [0.05, 0.1) is 13.7 Å². The van der Waals surface area contributed by atoms with Gasteiger partial charge in [-0.1, -0.05) is 48.5 Å². The first kappa shape index (κ1) is 23.7. The van der Waals surface area contributed by atoms with Gasteiger partial charge in [0.25, 0.3) is 0 Å². The standard InChI is InChI=1S/C21H28N4O2.HI/c1-22-21(25(2)16-18-11-7-8-12-19(18)27-3)24-15-20(26)23-14-13-17-9-5-4-6-10-17;/h4-12H,13-16H2,1-3H3,(H,22,24)(H,23,26);1H. The molecule has 0 atom stereocenters. The van der Waals surface area contributed by atoms with E-state index in [2.05, 4.69) is 27.8 Å². The van der Waals surface area contributed by atoms with Gasteiger partial charge < -0.3 is 20.3 Å². The number of guanidine groups is 1. The predicted octanol–water partition coefficient (Wildman–Crippen LogP) is 2.68. The molecule has 0 radical (unpaired) electrons. The first-order valence-corrected chi connectivity index (χ1v) is 8.98. The third-order valence-electron chi connectivity index (χ3n) is 4.16. The number of para-hydroxylation sites is 1. The highest BCUT2D eigenvalue weighted by Crippen LogP contribution is 2.18. The lowest BCUT2D eigenvalue weighted by Gasteiger charge is -2.23. The highest BCUT2D eigenvalue weighted by Gasteiger charge is 2.11. The van der Waals surface area contributed by atoms with Crippen molar-refractivity contribution in [3.8, 4) is 5.75 Å². The van der Waals surface area contributed by atoms with Crippen molar-refractivity contribution in [2.24, 2.45) is 4.99 Å². The van der Waals surface area contributed by atoms with Gasteiger partial charge in [-0.25, -0.2) is 0 Å². The molecule has 6 nitrogen and oxygen atoms in total. The van der Waals surface area contributed by atoms with Crippen LogP contribution < -0.4 is 15.4 Å². The zero-order chi connectivity index (χ0) is 19.5. The van der Waals surface area contributed by atoms with Gasteiger partial charge in [-0.05, 0) is 18.1 Å². The van der Waals surface area contributed by atoms with Crippen LogP contribution in [0.25, 0.3) is 0 Å². The summed E-state index contributed by atoms with van der Waals surface area (Å²) in [4.78, 5) is 18.3. The zero-order valence-corrected chi connectivity index (χ0v) is 19.0. The number of aliphatic imine (C=N–C) groups is 1. The molecular formula is C21H29IN4O2. The maximum absolute atomic E-state index is 12.1. The molecule has 7 heteroatoms. The number of amides is 1. The van der Waals surface area contributed by atoms with Crippen LogP contribution in [0.4, 0.5) is 0 Å². The molecule has 0 aliphatic rings.